The molecule has 1 saturated carbocycles. The first-order valence-corrected chi connectivity index (χ1v) is 11.6. The lowest BCUT2D eigenvalue weighted by molar-refractivity contribution is 0.294. The van der Waals surface area contributed by atoms with Crippen LogP contribution in [-0.2, 0) is 13.2 Å². The minimum Gasteiger partial charge on any atom is -0.472 e. The molecule has 2 heterocycles. The van der Waals surface area contributed by atoms with Gasteiger partial charge in [0.25, 0.3) is 0 Å². The molecule has 0 atom stereocenters. The lowest BCUT2D eigenvalue weighted by Crippen LogP contribution is -2.15. The predicted molar refractivity (Wildman–Crippen MR) is 125 cm³/mol. The molecule has 5 rings (SSSR count). The molecule has 1 aliphatic rings. The van der Waals surface area contributed by atoms with Gasteiger partial charge in [-0.25, -0.2) is 18.7 Å². The first kappa shape index (κ1) is 21.8. The van der Waals surface area contributed by atoms with Gasteiger partial charge in [-0.1, -0.05) is 49.1 Å². The van der Waals surface area contributed by atoms with Crippen LogP contribution in [0.4, 0.5) is 8.78 Å². The molecule has 33 heavy (non-hydrogen) atoms. The van der Waals surface area contributed by atoms with Crippen LogP contribution in [0.5, 0.6) is 5.88 Å². The van der Waals surface area contributed by atoms with Crippen molar-refractivity contribution in [2.45, 2.75) is 45.3 Å². The Morgan fingerprint density at radius 2 is 1.79 bits per heavy atom. The molecule has 4 aromatic rings. The Labute approximate surface area is 196 Å². The molecule has 0 aliphatic heterocycles. The molecule has 7 heteroatoms. The van der Waals surface area contributed by atoms with Crippen molar-refractivity contribution >= 4 is 22.6 Å². The molecule has 0 radical (unpaired) electrons. The van der Waals surface area contributed by atoms with Gasteiger partial charge in [0.2, 0.25) is 5.88 Å². The SMILES string of the molecule is Fc1cc2nc(-c3cccnc3OCc3ccccc3Cl)n(CC3CCCCC3)c2cc1F. The molecular weight excluding hydrogens is 444 g/mol. The van der Waals surface area contributed by atoms with Crippen molar-refractivity contribution in [3.05, 3.63) is 76.9 Å². The molecule has 0 N–H and O–H groups in total. The van der Waals surface area contributed by atoms with Gasteiger partial charge in [0, 0.05) is 35.5 Å². The predicted octanol–water partition coefficient (Wildman–Crippen LogP) is 7.19. The summed E-state index contributed by atoms with van der Waals surface area (Å²) in [5.41, 5.74) is 2.52. The normalized spacial score (nSPS) is 14.6. The molecule has 2 aromatic carbocycles. The minimum atomic E-state index is -0.905. The van der Waals surface area contributed by atoms with E-state index in [-0.39, 0.29) is 6.61 Å². The molecule has 0 amide bonds. The van der Waals surface area contributed by atoms with E-state index in [9.17, 15) is 8.78 Å². The Hall–Kier alpha value is -2.99. The van der Waals surface area contributed by atoms with Crippen LogP contribution in [0.25, 0.3) is 22.4 Å². The van der Waals surface area contributed by atoms with Crippen LogP contribution >= 0.6 is 11.6 Å². The van der Waals surface area contributed by atoms with Crippen molar-refractivity contribution < 1.29 is 13.5 Å². The first-order chi connectivity index (χ1) is 16.1. The Bertz CT molecular complexity index is 1280. The third kappa shape index (κ3) is 4.58. The number of hydrogen-bond donors (Lipinski definition) is 0. The highest BCUT2D eigenvalue weighted by Gasteiger charge is 2.22. The molecule has 1 aliphatic carbocycles. The third-order valence-corrected chi connectivity index (χ3v) is 6.66. The molecule has 0 bridgehead atoms. The molecule has 1 fully saturated rings. The summed E-state index contributed by atoms with van der Waals surface area (Å²) >= 11 is 6.28. The van der Waals surface area contributed by atoms with E-state index in [0.29, 0.717) is 45.8 Å². The Balaban J connectivity index is 1.56. The lowest BCUT2D eigenvalue weighted by atomic mass is 9.89. The summed E-state index contributed by atoms with van der Waals surface area (Å²) in [7, 11) is 0. The molecular formula is C26H24ClF2N3O. The standard InChI is InChI=1S/C26H24ClF2N3O/c27-20-11-5-4-9-18(20)16-33-26-19(10-6-12-30-26)25-31-23-13-21(28)22(29)14-24(23)32(25)15-17-7-2-1-3-8-17/h4-6,9-14,17H,1-3,7-8,15-16H2. The van der Waals surface area contributed by atoms with Crippen LogP contribution in [-0.4, -0.2) is 14.5 Å². The van der Waals surface area contributed by atoms with Crippen LogP contribution in [0.15, 0.2) is 54.7 Å². The van der Waals surface area contributed by atoms with E-state index in [1.54, 1.807) is 6.20 Å². The second-order valence-corrected chi connectivity index (χ2v) is 8.95. The number of hydrogen-bond acceptors (Lipinski definition) is 3. The van der Waals surface area contributed by atoms with Crippen LogP contribution < -0.4 is 4.74 Å². The van der Waals surface area contributed by atoms with Gasteiger partial charge in [0.1, 0.15) is 12.4 Å². The van der Waals surface area contributed by atoms with Crippen LogP contribution in [0, 0.1) is 17.6 Å². The second-order valence-electron chi connectivity index (χ2n) is 8.54. The van der Waals surface area contributed by atoms with Gasteiger partial charge in [0.05, 0.1) is 16.6 Å². The van der Waals surface area contributed by atoms with E-state index in [2.05, 4.69) is 4.98 Å². The number of rotatable bonds is 6. The van der Waals surface area contributed by atoms with E-state index in [4.69, 9.17) is 21.3 Å². The molecule has 4 nitrogen and oxygen atoms in total. The number of halogens is 3. The summed E-state index contributed by atoms with van der Waals surface area (Å²) in [4.78, 5) is 9.12. The van der Waals surface area contributed by atoms with Gasteiger partial charge in [-0.15, -0.1) is 0 Å². The van der Waals surface area contributed by atoms with Crippen LogP contribution in [0.2, 0.25) is 5.02 Å². The smallest absolute Gasteiger partial charge is 0.224 e. The summed E-state index contributed by atoms with van der Waals surface area (Å²) in [5.74, 6) is -0.313. The summed E-state index contributed by atoms with van der Waals surface area (Å²) in [6.45, 7) is 0.936. The maximum Gasteiger partial charge on any atom is 0.224 e. The number of aromatic nitrogens is 3. The molecule has 170 valence electrons. The van der Waals surface area contributed by atoms with E-state index >= 15 is 0 Å². The van der Waals surface area contributed by atoms with E-state index in [1.165, 1.54) is 25.3 Å². The lowest BCUT2D eigenvalue weighted by Gasteiger charge is -2.23. The van der Waals surface area contributed by atoms with Crippen molar-refractivity contribution in [1.29, 1.82) is 0 Å². The maximum atomic E-state index is 14.2. The van der Waals surface area contributed by atoms with Gasteiger partial charge in [0.15, 0.2) is 11.6 Å². The van der Waals surface area contributed by atoms with Crippen LogP contribution in [0.3, 0.4) is 0 Å². The van der Waals surface area contributed by atoms with Crippen molar-refractivity contribution in [1.82, 2.24) is 14.5 Å². The maximum absolute atomic E-state index is 14.2. The van der Waals surface area contributed by atoms with Gasteiger partial charge >= 0.3 is 0 Å². The fourth-order valence-corrected chi connectivity index (χ4v) is 4.77. The van der Waals surface area contributed by atoms with Crippen molar-refractivity contribution in [3.63, 3.8) is 0 Å². The Kier molecular flexibility index (Phi) is 6.27. The van der Waals surface area contributed by atoms with Gasteiger partial charge in [-0.2, -0.15) is 0 Å². The molecule has 0 unspecified atom stereocenters. The minimum absolute atomic E-state index is 0.246. The average molecular weight is 468 g/mol. The zero-order chi connectivity index (χ0) is 22.8. The Morgan fingerprint density at radius 3 is 2.61 bits per heavy atom. The van der Waals surface area contributed by atoms with Crippen molar-refractivity contribution in [2.75, 3.05) is 0 Å². The highest BCUT2D eigenvalue weighted by atomic mass is 35.5. The summed E-state index contributed by atoms with van der Waals surface area (Å²) in [6, 6.07) is 13.6. The highest BCUT2D eigenvalue weighted by Crippen LogP contribution is 2.34. The highest BCUT2D eigenvalue weighted by molar-refractivity contribution is 6.31. The number of nitrogens with zero attached hydrogens (tertiary/aromatic N) is 3. The topological polar surface area (TPSA) is 39.9 Å². The first-order valence-electron chi connectivity index (χ1n) is 11.3. The van der Waals surface area contributed by atoms with Crippen LogP contribution in [0.1, 0.15) is 37.7 Å². The number of ether oxygens (including phenoxy) is 1. The number of pyridine rings is 1. The third-order valence-electron chi connectivity index (χ3n) is 6.29. The summed E-state index contributed by atoms with van der Waals surface area (Å²) in [6.07, 6.45) is 7.51. The Morgan fingerprint density at radius 1 is 1.00 bits per heavy atom. The average Bonchev–Trinajstić information content (AvgIpc) is 3.16. The largest absolute Gasteiger partial charge is 0.472 e. The van der Waals surface area contributed by atoms with E-state index in [1.807, 2.05) is 41.0 Å². The van der Waals surface area contributed by atoms with E-state index in [0.717, 1.165) is 24.5 Å². The molecule has 0 spiro atoms. The fourth-order valence-electron chi connectivity index (χ4n) is 4.58. The number of benzene rings is 2. The molecule has 0 saturated heterocycles. The number of imidazole rings is 1. The van der Waals surface area contributed by atoms with Crippen molar-refractivity contribution in [2.24, 2.45) is 5.92 Å². The second kappa shape index (κ2) is 9.48. The summed E-state index contributed by atoms with van der Waals surface area (Å²) < 4.78 is 36.2. The van der Waals surface area contributed by atoms with E-state index < -0.39 is 11.6 Å². The van der Waals surface area contributed by atoms with Crippen molar-refractivity contribution in [3.8, 4) is 17.3 Å². The van der Waals surface area contributed by atoms with Gasteiger partial charge in [-0.05, 0) is 37.0 Å². The molecule has 2 aromatic heterocycles. The fraction of sp³-hybridized carbons (Fsp3) is 0.308. The van der Waals surface area contributed by atoms with Gasteiger partial charge < -0.3 is 9.30 Å². The number of fused-ring (bicyclic) bond motifs is 1. The zero-order valence-corrected chi connectivity index (χ0v) is 18.9. The monoisotopic (exact) mass is 467 g/mol. The summed E-state index contributed by atoms with van der Waals surface area (Å²) in [5, 5.41) is 0.616. The van der Waals surface area contributed by atoms with Gasteiger partial charge in [-0.3, -0.25) is 0 Å². The zero-order valence-electron chi connectivity index (χ0n) is 18.1. The quantitative estimate of drug-likeness (QED) is 0.301.